The van der Waals surface area contributed by atoms with E-state index in [0.29, 0.717) is 31.7 Å². The number of ether oxygens (including phenoxy) is 1. The van der Waals surface area contributed by atoms with Crippen molar-refractivity contribution in [3.8, 4) is 5.75 Å². The number of carboxylic acids is 1. The standard InChI is InChI=1S/C21H20FNO3.ClH/c22-18-8-4-7-16-17(15-5-2-1-3-6-15)13-21(26-20(16)18)9-11-23(12-10-21)14-19(24)25;/h1-8,13H,9-12,14H2,(H,24,25);1H. The van der Waals surface area contributed by atoms with Gasteiger partial charge in [0.25, 0.3) is 0 Å². The quantitative estimate of drug-likeness (QED) is 0.862. The van der Waals surface area contributed by atoms with E-state index in [1.54, 1.807) is 6.07 Å². The minimum Gasteiger partial charge on any atom is -0.480 e. The van der Waals surface area contributed by atoms with Crippen molar-refractivity contribution >= 4 is 23.9 Å². The maximum absolute atomic E-state index is 14.5. The van der Waals surface area contributed by atoms with Gasteiger partial charge in [-0.3, -0.25) is 9.69 Å². The number of carbonyl (C=O) groups is 1. The van der Waals surface area contributed by atoms with Gasteiger partial charge < -0.3 is 9.84 Å². The number of hydrogen-bond acceptors (Lipinski definition) is 3. The van der Waals surface area contributed by atoms with E-state index in [2.05, 4.69) is 6.08 Å². The predicted octanol–water partition coefficient (Wildman–Crippen LogP) is 3.99. The lowest BCUT2D eigenvalue weighted by Crippen LogP contribution is -2.49. The summed E-state index contributed by atoms with van der Waals surface area (Å²) in [5.74, 6) is -0.903. The first-order valence-electron chi connectivity index (χ1n) is 8.77. The van der Waals surface area contributed by atoms with Crippen LogP contribution < -0.4 is 4.74 Å². The summed E-state index contributed by atoms with van der Waals surface area (Å²) in [6.45, 7) is 1.24. The Morgan fingerprint density at radius 3 is 2.48 bits per heavy atom. The number of para-hydroxylation sites is 1. The molecule has 1 saturated heterocycles. The van der Waals surface area contributed by atoms with Gasteiger partial charge in [0.1, 0.15) is 5.60 Å². The first kappa shape index (κ1) is 19.4. The van der Waals surface area contributed by atoms with Crippen LogP contribution >= 0.6 is 12.4 Å². The molecule has 1 spiro atoms. The summed E-state index contributed by atoms with van der Waals surface area (Å²) in [5, 5.41) is 8.99. The second kappa shape index (κ2) is 7.71. The summed E-state index contributed by atoms with van der Waals surface area (Å²) >= 11 is 0. The molecule has 1 N–H and O–H groups in total. The average molecular weight is 390 g/mol. The van der Waals surface area contributed by atoms with Gasteiger partial charge >= 0.3 is 5.97 Å². The molecule has 0 unspecified atom stereocenters. The minimum atomic E-state index is -0.831. The van der Waals surface area contributed by atoms with Crippen LogP contribution in [-0.2, 0) is 4.79 Å². The zero-order chi connectivity index (χ0) is 18.1. The molecule has 0 aromatic heterocycles. The van der Waals surface area contributed by atoms with E-state index >= 15 is 0 Å². The molecule has 0 radical (unpaired) electrons. The van der Waals surface area contributed by atoms with Crippen LogP contribution in [0.4, 0.5) is 4.39 Å². The van der Waals surface area contributed by atoms with Gasteiger partial charge in [0.15, 0.2) is 11.6 Å². The Balaban J connectivity index is 0.00000210. The molecule has 0 aliphatic carbocycles. The largest absolute Gasteiger partial charge is 0.480 e. The Morgan fingerprint density at radius 1 is 1.11 bits per heavy atom. The molecule has 0 saturated carbocycles. The normalized spacial score (nSPS) is 18.0. The highest BCUT2D eigenvalue weighted by Gasteiger charge is 2.40. The van der Waals surface area contributed by atoms with Crippen molar-refractivity contribution in [3.63, 3.8) is 0 Å². The van der Waals surface area contributed by atoms with Gasteiger partial charge in [0, 0.05) is 31.5 Å². The van der Waals surface area contributed by atoms with Gasteiger partial charge in [-0.15, -0.1) is 12.4 Å². The van der Waals surface area contributed by atoms with E-state index < -0.39 is 11.6 Å². The lowest BCUT2D eigenvalue weighted by molar-refractivity contribution is -0.139. The maximum Gasteiger partial charge on any atom is 0.317 e. The zero-order valence-electron chi connectivity index (χ0n) is 14.7. The van der Waals surface area contributed by atoms with E-state index in [1.165, 1.54) is 6.07 Å². The lowest BCUT2D eigenvalue weighted by atomic mass is 9.83. The summed E-state index contributed by atoms with van der Waals surface area (Å²) in [6.07, 6.45) is 3.36. The Morgan fingerprint density at radius 2 is 1.81 bits per heavy atom. The van der Waals surface area contributed by atoms with Gasteiger partial charge in [0.2, 0.25) is 0 Å². The topological polar surface area (TPSA) is 49.8 Å². The molecule has 27 heavy (non-hydrogen) atoms. The number of piperidine rings is 1. The van der Waals surface area contributed by atoms with Gasteiger partial charge in [-0.05, 0) is 23.3 Å². The number of carboxylic acid groups (broad SMARTS) is 1. The number of halogens is 2. The molecule has 0 atom stereocenters. The van der Waals surface area contributed by atoms with Crippen LogP contribution in [-0.4, -0.2) is 41.2 Å². The fraction of sp³-hybridized carbons (Fsp3) is 0.286. The molecule has 142 valence electrons. The van der Waals surface area contributed by atoms with Crippen molar-refractivity contribution in [2.75, 3.05) is 19.6 Å². The smallest absolute Gasteiger partial charge is 0.317 e. The van der Waals surface area contributed by atoms with Crippen molar-refractivity contribution in [1.29, 1.82) is 0 Å². The molecule has 2 aromatic carbocycles. The van der Waals surface area contributed by atoms with Crippen molar-refractivity contribution in [1.82, 2.24) is 4.90 Å². The molecule has 2 heterocycles. The van der Waals surface area contributed by atoms with E-state index in [1.807, 2.05) is 41.3 Å². The molecular formula is C21H21ClFNO3. The van der Waals surface area contributed by atoms with Crippen molar-refractivity contribution in [2.24, 2.45) is 0 Å². The Bertz CT molecular complexity index is 861. The Kier molecular flexibility index (Phi) is 5.53. The second-order valence-corrected chi connectivity index (χ2v) is 6.88. The summed E-state index contributed by atoms with van der Waals surface area (Å²) in [6, 6.07) is 14.9. The fourth-order valence-electron chi connectivity index (χ4n) is 3.78. The third-order valence-corrected chi connectivity index (χ3v) is 5.12. The molecule has 2 aromatic rings. The van der Waals surface area contributed by atoms with Gasteiger partial charge in [-0.2, -0.15) is 0 Å². The van der Waals surface area contributed by atoms with E-state index in [0.717, 1.165) is 16.7 Å². The molecule has 4 rings (SSSR count). The number of fused-ring (bicyclic) bond motifs is 1. The van der Waals surface area contributed by atoms with Crippen LogP contribution in [0, 0.1) is 5.82 Å². The van der Waals surface area contributed by atoms with Crippen molar-refractivity contribution < 1.29 is 19.0 Å². The summed E-state index contributed by atoms with van der Waals surface area (Å²) in [7, 11) is 0. The number of aliphatic carboxylic acids is 1. The Labute approximate surface area is 163 Å². The van der Waals surface area contributed by atoms with Crippen LogP contribution in [0.15, 0.2) is 54.6 Å². The molecule has 0 bridgehead atoms. The monoisotopic (exact) mass is 389 g/mol. The van der Waals surface area contributed by atoms with Crippen LogP contribution in [0.25, 0.3) is 5.57 Å². The number of likely N-dealkylation sites (tertiary alicyclic amines) is 1. The minimum absolute atomic E-state index is 0. The number of hydrogen-bond donors (Lipinski definition) is 1. The summed E-state index contributed by atoms with van der Waals surface area (Å²) < 4.78 is 20.7. The molecule has 2 aliphatic heterocycles. The fourth-order valence-corrected chi connectivity index (χ4v) is 3.78. The van der Waals surface area contributed by atoms with Crippen LogP contribution in [0.3, 0.4) is 0 Å². The average Bonchev–Trinajstić information content (AvgIpc) is 2.65. The maximum atomic E-state index is 14.5. The van der Waals surface area contributed by atoms with E-state index in [4.69, 9.17) is 9.84 Å². The van der Waals surface area contributed by atoms with E-state index in [9.17, 15) is 9.18 Å². The molecule has 4 nitrogen and oxygen atoms in total. The Hall–Kier alpha value is -2.37. The number of rotatable bonds is 3. The predicted molar refractivity (Wildman–Crippen MR) is 104 cm³/mol. The number of benzene rings is 2. The summed E-state index contributed by atoms with van der Waals surface area (Å²) in [5.41, 5.74) is 2.15. The van der Waals surface area contributed by atoms with Gasteiger partial charge in [-0.1, -0.05) is 42.5 Å². The first-order chi connectivity index (χ1) is 12.6. The highest BCUT2D eigenvalue weighted by atomic mass is 35.5. The molecule has 6 heteroatoms. The van der Waals surface area contributed by atoms with Crippen LogP contribution in [0.2, 0.25) is 0 Å². The molecular weight excluding hydrogens is 369 g/mol. The first-order valence-corrected chi connectivity index (χ1v) is 8.77. The van der Waals surface area contributed by atoms with Crippen molar-refractivity contribution in [2.45, 2.75) is 18.4 Å². The molecule has 2 aliphatic rings. The van der Waals surface area contributed by atoms with Crippen LogP contribution in [0.1, 0.15) is 24.0 Å². The third kappa shape index (κ3) is 3.84. The highest BCUT2D eigenvalue weighted by molar-refractivity contribution is 5.85. The van der Waals surface area contributed by atoms with E-state index in [-0.39, 0.29) is 24.8 Å². The zero-order valence-corrected chi connectivity index (χ0v) is 15.5. The van der Waals surface area contributed by atoms with Gasteiger partial charge in [0.05, 0.1) is 6.54 Å². The highest BCUT2D eigenvalue weighted by Crippen LogP contribution is 2.44. The number of nitrogens with zero attached hydrogens (tertiary/aromatic N) is 1. The SMILES string of the molecule is Cl.O=C(O)CN1CCC2(C=C(c3ccccc3)c3cccc(F)c3O2)CC1. The second-order valence-electron chi connectivity index (χ2n) is 6.88. The third-order valence-electron chi connectivity index (χ3n) is 5.12. The summed E-state index contributed by atoms with van der Waals surface area (Å²) in [4.78, 5) is 12.8. The van der Waals surface area contributed by atoms with Gasteiger partial charge in [-0.25, -0.2) is 4.39 Å². The molecule has 0 amide bonds. The van der Waals surface area contributed by atoms with Crippen LogP contribution in [0.5, 0.6) is 5.75 Å². The molecule has 1 fully saturated rings. The van der Waals surface area contributed by atoms with Crippen molar-refractivity contribution in [3.05, 3.63) is 71.6 Å². The lowest BCUT2D eigenvalue weighted by Gasteiger charge is -2.42.